The molecule has 1 atom stereocenters. The molecule has 0 aromatic carbocycles. The van der Waals surface area contributed by atoms with Crippen LogP contribution in [-0.4, -0.2) is 48.6 Å². The lowest BCUT2D eigenvalue weighted by molar-refractivity contribution is -0.138. The van der Waals surface area contributed by atoms with Crippen LogP contribution in [0.15, 0.2) is 0 Å². The zero-order chi connectivity index (χ0) is 13.5. The number of carbonyl (C=O) groups excluding carboxylic acids is 1. The van der Waals surface area contributed by atoms with E-state index in [0.29, 0.717) is 12.3 Å². The van der Waals surface area contributed by atoms with Crippen molar-refractivity contribution in [2.24, 2.45) is 11.8 Å². The second-order valence-corrected chi connectivity index (χ2v) is 5.46. The molecule has 0 saturated carbocycles. The number of nitrogens with zero attached hydrogens (tertiary/aromatic N) is 1. The summed E-state index contributed by atoms with van der Waals surface area (Å²) in [5, 5.41) is 11.5. The molecular formula is C13H24N2O3. The molecule has 0 spiro atoms. The largest absolute Gasteiger partial charge is 0.481 e. The summed E-state index contributed by atoms with van der Waals surface area (Å²) in [5.41, 5.74) is 0. The SMILES string of the molecule is CC(CC(=O)O)CC(=O)NCC1CCN(C)CC1. The average Bonchev–Trinajstić information content (AvgIpc) is 2.27. The quantitative estimate of drug-likeness (QED) is 0.742. The first-order valence-corrected chi connectivity index (χ1v) is 6.64. The van der Waals surface area contributed by atoms with Gasteiger partial charge in [0, 0.05) is 19.4 Å². The van der Waals surface area contributed by atoms with Gasteiger partial charge in [-0.2, -0.15) is 0 Å². The van der Waals surface area contributed by atoms with Crippen LogP contribution in [0.4, 0.5) is 0 Å². The van der Waals surface area contributed by atoms with Crippen LogP contribution in [-0.2, 0) is 9.59 Å². The van der Waals surface area contributed by atoms with Crippen LogP contribution in [0.1, 0.15) is 32.6 Å². The van der Waals surface area contributed by atoms with Crippen LogP contribution in [0.3, 0.4) is 0 Å². The molecule has 1 rings (SSSR count). The van der Waals surface area contributed by atoms with Gasteiger partial charge in [0.1, 0.15) is 0 Å². The van der Waals surface area contributed by atoms with Gasteiger partial charge in [-0.1, -0.05) is 6.92 Å². The normalized spacial score (nSPS) is 19.4. The van der Waals surface area contributed by atoms with Crippen molar-refractivity contribution >= 4 is 11.9 Å². The molecule has 104 valence electrons. The first-order valence-electron chi connectivity index (χ1n) is 6.64. The van der Waals surface area contributed by atoms with E-state index in [-0.39, 0.29) is 18.2 Å². The van der Waals surface area contributed by atoms with Gasteiger partial charge in [-0.05, 0) is 44.8 Å². The van der Waals surface area contributed by atoms with Crippen molar-refractivity contribution in [1.29, 1.82) is 0 Å². The van der Waals surface area contributed by atoms with E-state index < -0.39 is 5.97 Å². The van der Waals surface area contributed by atoms with Crippen molar-refractivity contribution < 1.29 is 14.7 Å². The van der Waals surface area contributed by atoms with Crippen LogP contribution in [0.5, 0.6) is 0 Å². The van der Waals surface area contributed by atoms with Crippen molar-refractivity contribution in [3.63, 3.8) is 0 Å². The van der Waals surface area contributed by atoms with Gasteiger partial charge in [0.15, 0.2) is 0 Å². The fourth-order valence-corrected chi connectivity index (χ4v) is 2.28. The highest BCUT2D eigenvalue weighted by Gasteiger charge is 2.18. The van der Waals surface area contributed by atoms with E-state index in [2.05, 4.69) is 17.3 Å². The van der Waals surface area contributed by atoms with Gasteiger partial charge in [0.2, 0.25) is 5.91 Å². The molecule has 1 saturated heterocycles. The zero-order valence-electron chi connectivity index (χ0n) is 11.3. The zero-order valence-corrected chi connectivity index (χ0v) is 11.3. The molecule has 5 nitrogen and oxygen atoms in total. The Bertz CT molecular complexity index is 286. The minimum atomic E-state index is -0.842. The van der Waals surface area contributed by atoms with Gasteiger partial charge >= 0.3 is 5.97 Å². The first kappa shape index (κ1) is 15.0. The Morgan fingerprint density at radius 3 is 2.50 bits per heavy atom. The van der Waals surface area contributed by atoms with E-state index in [1.807, 2.05) is 0 Å². The molecule has 0 aliphatic carbocycles. The molecule has 1 fully saturated rings. The highest BCUT2D eigenvalue weighted by atomic mass is 16.4. The fraction of sp³-hybridized carbons (Fsp3) is 0.846. The highest BCUT2D eigenvalue weighted by molar-refractivity contribution is 5.77. The molecule has 1 unspecified atom stereocenters. The minimum absolute atomic E-state index is 0.0253. The number of carbonyl (C=O) groups is 2. The molecule has 1 aliphatic rings. The smallest absolute Gasteiger partial charge is 0.303 e. The molecule has 0 aromatic rings. The molecule has 2 N–H and O–H groups in total. The Labute approximate surface area is 109 Å². The predicted octanol–water partition coefficient (Wildman–Crippen LogP) is 0.945. The van der Waals surface area contributed by atoms with E-state index in [1.165, 1.54) is 0 Å². The van der Waals surface area contributed by atoms with Gasteiger partial charge in [-0.25, -0.2) is 0 Å². The van der Waals surface area contributed by atoms with Gasteiger partial charge < -0.3 is 15.3 Å². The third kappa shape index (κ3) is 6.00. The van der Waals surface area contributed by atoms with Gasteiger partial charge in [-0.15, -0.1) is 0 Å². The maximum absolute atomic E-state index is 11.6. The Kier molecular flexibility index (Phi) is 6.12. The van der Waals surface area contributed by atoms with E-state index >= 15 is 0 Å². The standard InChI is InChI=1S/C13H24N2O3/c1-10(8-13(17)18)7-12(16)14-9-11-3-5-15(2)6-4-11/h10-11H,3-9H2,1-2H3,(H,14,16)(H,17,18). The predicted molar refractivity (Wildman–Crippen MR) is 69.3 cm³/mol. The third-order valence-corrected chi connectivity index (χ3v) is 3.48. The number of hydrogen-bond donors (Lipinski definition) is 2. The molecule has 1 aliphatic heterocycles. The molecule has 0 radical (unpaired) electrons. The van der Waals surface area contributed by atoms with Gasteiger partial charge in [0.25, 0.3) is 0 Å². The van der Waals surface area contributed by atoms with E-state index in [9.17, 15) is 9.59 Å². The highest BCUT2D eigenvalue weighted by Crippen LogP contribution is 2.15. The molecule has 0 bridgehead atoms. The summed E-state index contributed by atoms with van der Waals surface area (Å²) >= 11 is 0. The van der Waals surface area contributed by atoms with Crippen LogP contribution in [0, 0.1) is 11.8 Å². The lowest BCUT2D eigenvalue weighted by atomic mass is 9.97. The number of nitrogens with one attached hydrogen (secondary N) is 1. The van der Waals surface area contributed by atoms with Crippen molar-refractivity contribution in [3.05, 3.63) is 0 Å². The number of piperidine rings is 1. The number of likely N-dealkylation sites (tertiary alicyclic amines) is 1. The lowest BCUT2D eigenvalue weighted by Gasteiger charge is -2.29. The van der Waals surface area contributed by atoms with Crippen LogP contribution < -0.4 is 5.32 Å². The summed E-state index contributed by atoms with van der Waals surface area (Å²) in [6, 6.07) is 0. The van der Waals surface area contributed by atoms with Crippen LogP contribution in [0.2, 0.25) is 0 Å². The van der Waals surface area contributed by atoms with E-state index in [0.717, 1.165) is 32.5 Å². The molecule has 1 heterocycles. The number of carboxylic acids is 1. The van der Waals surface area contributed by atoms with Gasteiger partial charge in [0.05, 0.1) is 0 Å². The summed E-state index contributed by atoms with van der Waals surface area (Å²) in [7, 11) is 2.11. The average molecular weight is 256 g/mol. The Balaban J connectivity index is 2.15. The molecular weight excluding hydrogens is 232 g/mol. The topological polar surface area (TPSA) is 69.6 Å². The lowest BCUT2D eigenvalue weighted by Crippen LogP contribution is -2.37. The first-order chi connectivity index (χ1) is 8.47. The number of amides is 1. The summed E-state index contributed by atoms with van der Waals surface area (Å²) in [5.74, 6) is -0.395. The summed E-state index contributed by atoms with van der Waals surface area (Å²) in [6.45, 7) is 4.71. The van der Waals surface area contributed by atoms with E-state index in [4.69, 9.17) is 5.11 Å². The number of aliphatic carboxylic acids is 1. The molecule has 5 heteroatoms. The Morgan fingerprint density at radius 1 is 1.33 bits per heavy atom. The van der Waals surface area contributed by atoms with Gasteiger partial charge in [-0.3, -0.25) is 9.59 Å². The van der Waals surface area contributed by atoms with Crippen molar-refractivity contribution in [2.45, 2.75) is 32.6 Å². The molecule has 1 amide bonds. The summed E-state index contributed by atoms with van der Waals surface area (Å²) in [4.78, 5) is 24.4. The molecule has 18 heavy (non-hydrogen) atoms. The van der Waals surface area contributed by atoms with Crippen molar-refractivity contribution in [3.8, 4) is 0 Å². The number of carboxylic acid groups (broad SMARTS) is 1. The maximum Gasteiger partial charge on any atom is 0.303 e. The summed E-state index contributed by atoms with van der Waals surface area (Å²) < 4.78 is 0. The number of hydrogen-bond acceptors (Lipinski definition) is 3. The van der Waals surface area contributed by atoms with Crippen molar-refractivity contribution in [1.82, 2.24) is 10.2 Å². The number of rotatable bonds is 6. The maximum atomic E-state index is 11.6. The second kappa shape index (κ2) is 7.36. The van der Waals surface area contributed by atoms with E-state index in [1.54, 1.807) is 6.92 Å². The summed E-state index contributed by atoms with van der Waals surface area (Å²) in [6.07, 6.45) is 2.61. The fourth-order valence-electron chi connectivity index (χ4n) is 2.28. The minimum Gasteiger partial charge on any atom is -0.481 e. The third-order valence-electron chi connectivity index (χ3n) is 3.48. The van der Waals surface area contributed by atoms with Crippen LogP contribution in [0.25, 0.3) is 0 Å². The Hall–Kier alpha value is -1.10. The Morgan fingerprint density at radius 2 is 1.94 bits per heavy atom. The van der Waals surface area contributed by atoms with Crippen LogP contribution >= 0.6 is 0 Å². The second-order valence-electron chi connectivity index (χ2n) is 5.46. The monoisotopic (exact) mass is 256 g/mol. The van der Waals surface area contributed by atoms with Crippen molar-refractivity contribution in [2.75, 3.05) is 26.7 Å². The molecule has 0 aromatic heterocycles.